The van der Waals surface area contributed by atoms with Gasteiger partial charge in [-0.2, -0.15) is 0 Å². The zero-order valence-electron chi connectivity index (χ0n) is 14.2. The van der Waals surface area contributed by atoms with Gasteiger partial charge in [0.25, 0.3) is 0 Å². The average Bonchev–Trinajstić information content (AvgIpc) is 3.21. The predicted molar refractivity (Wildman–Crippen MR) is 101 cm³/mol. The van der Waals surface area contributed by atoms with Crippen LogP contribution in [0.1, 0.15) is 15.9 Å². The van der Waals surface area contributed by atoms with E-state index in [1.807, 2.05) is 0 Å². The number of rotatable bonds is 3. The fourth-order valence-electron chi connectivity index (χ4n) is 2.69. The summed E-state index contributed by atoms with van der Waals surface area (Å²) < 4.78 is 16.6. The molecule has 0 aliphatic rings. The summed E-state index contributed by atoms with van der Waals surface area (Å²) in [6, 6.07) is 14.8. The number of carbonyl (C=O) groups is 1. The number of carbonyl (C=O) groups excluding carboxylic acids is 1. The maximum absolute atomic E-state index is 13.0. The highest BCUT2D eigenvalue weighted by Gasteiger charge is 2.23. The quantitative estimate of drug-likeness (QED) is 0.455. The lowest BCUT2D eigenvalue weighted by molar-refractivity contribution is 0.0731. The molecule has 0 atom stereocenters. The molecular weight excluding hydrogens is 368 g/mol. The number of hydrogen-bond donors (Lipinski definition) is 0. The van der Waals surface area contributed by atoms with Gasteiger partial charge in [0.2, 0.25) is 16.9 Å². The Morgan fingerprint density at radius 2 is 1.85 bits per heavy atom. The van der Waals surface area contributed by atoms with Crippen molar-refractivity contribution in [3.8, 4) is 17.3 Å². The number of fused-ring (bicyclic) bond motifs is 1. The second-order valence-electron chi connectivity index (χ2n) is 5.92. The monoisotopic (exact) mass is 380 g/mol. The van der Waals surface area contributed by atoms with Crippen LogP contribution in [0.2, 0.25) is 5.02 Å². The third-order valence-electron chi connectivity index (χ3n) is 4.08. The second kappa shape index (κ2) is 6.78. The van der Waals surface area contributed by atoms with Crippen molar-refractivity contribution in [2.45, 2.75) is 6.92 Å². The average molecular weight is 381 g/mol. The molecule has 0 amide bonds. The summed E-state index contributed by atoms with van der Waals surface area (Å²) in [6.45, 7) is 1.80. The fourth-order valence-corrected chi connectivity index (χ4v) is 2.85. The van der Waals surface area contributed by atoms with Crippen LogP contribution < -0.4 is 10.2 Å². The van der Waals surface area contributed by atoms with Gasteiger partial charge in [0, 0.05) is 5.02 Å². The summed E-state index contributed by atoms with van der Waals surface area (Å²) in [6.07, 6.45) is 1.44. The second-order valence-corrected chi connectivity index (χ2v) is 6.33. The molecule has 0 saturated heterocycles. The van der Waals surface area contributed by atoms with Crippen LogP contribution in [-0.2, 0) is 0 Å². The predicted octanol–water partition coefficient (Wildman–Crippen LogP) is 5.23. The lowest BCUT2D eigenvalue weighted by atomic mass is 10.1. The minimum Gasteiger partial charge on any atom is -0.461 e. The van der Waals surface area contributed by atoms with Gasteiger partial charge in [-0.25, -0.2) is 4.79 Å². The summed E-state index contributed by atoms with van der Waals surface area (Å²) in [5.41, 5.74) is 0.887. The number of benzene rings is 2. The van der Waals surface area contributed by atoms with Crippen molar-refractivity contribution in [1.29, 1.82) is 0 Å². The van der Waals surface area contributed by atoms with Crippen LogP contribution in [0.5, 0.6) is 5.75 Å². The van der Waals surface area contributed by atoms with Crippen molar-refractivity contribution < 1.29 is 18.4 Å². The summed E-state index contributed by atoms with van der Waals surface area (Å²) in [7, 11) is 0. The van der Waals surface area contributed by atoms with Crippen molar-refractivity contribution in [3.63, 3.8) is 0 Å². The zero-order chi connectivity index (χ0) is 19.0. The minimum atomic E-state index is -0.673. The van der Waals surface area contributed by atoms with Gasteiger partial charge in [0.1, 0.15) is 5.58 Å². The SMILES string of the molecule is Cc1cc2oc(-c3ccco3)c(OC(=O)c3ccccc3)c(=O)c2cc1Cl. The van der Waals surface area contributed by atoms with Gasteiger partial charge in [-0.3, -0.25) is 4.79 Å². The maximum atomic E-state index is 13.0. The molecule has 0 aliphatic heterocycles. The van der Waals surface area contributed by atoms with Gasteiger partial charge in [-0.15, -0.1) is 0 Å². The van der Waals surface area contributed by atoms with E-state index in [1.165, 1.54) is 12.3 Å². The first kappa shape index (κ1) is 17.1. The normalized spacial score (nSPS) is 10.9. The largest absolute Gasteiger partial charge is 0.461 e. The van der Waals surface area contributed by atoms with E-state index in [9.17, 15) is 9.59 Å². The van der Waals surface area contributed by atoms with Crippen molar-refractivity contribution in [2.75, 3.05) is 0 Å². The lowest BCUT2D eigenvalue weighted by Gasteiger charge is -2.10. The molecular formula is C21H13ClO5. The Hall–Kier alpha value is -3.31. The Bertz CT molecular complexity index is 1190. The standard InChI is InChI=1S/C21H13ClO5/c1-12-10-17-14(11-15(12)22)18(23)20(19(26-17)16-8-5-9-25-16)27-21(24)13-6-3-2-4-7-13/h2-11H,1H3. The number of halogens is 1. The van der Waals surface area contributed by atoms with E-state index in [1.54, 1.807) is 55.5 Å². The van der Waals surface area contributed by atoms with Crippen LogP contribution >= 0.6 is 11.6 Å². The van der Waals surface area contributed by atoms with Crippen LogP contribution in [0, 0.1) is 6.92 Å². The van der Waals surface area contributed by atoms with Gasteiger partial charge in [-0.05, 0) is 48.9 Å². The number of aryl methyl sites for hydroxylation is 1. The van der Waals surface area contributed by atoms with Crippen molar-refractivity contribution in [3.05, 3.63) is 87.2 Å². The molecule has 0 unspecified atom stereocenters. The van der Waals surface area contributed by atoms with E-state index < -0.39 is 11.4 Å². The van der Waals surface area contributed by atoms with Crippen molar-refractivity contribution >= 4 is 28.5 Å². The van der Waals surface area contributed by atoms with Gasteiger partial charge < -0.3 is 13.6 Å². The van der Waals surface area contributed by atoms with E-state index in [-0.39, 0.29) is 22.7 Å². The van der Waals surface area contributed by atoms with E-state index in [2.05, 4.69) is 0 Å². The van der Waals surface area contributed by atoms with Crippen LogP contribution in [0.3, 0.4) is 0 Å². The van der Waals surface area contributed by atoms with E-state index in [0.29, 0.717) is 16.2 Å². The molecule has 5 nitrogen and oxygen atoms in total. The maximum Gasteiger partial charge on any atom is 0.343 e. The summed E-state index contributed by atoms with van der Waals surface area (Å²) in [5.74, 6) is -0.597. The van der Waals surface area contributed by atoms with Crippen LogP contribution in [-0.4, -0.2) is 5.97 Å². The Kier molecular flexibility index (Phi) is 4.30. The Balaban J connectivity index is 1.93. The Morgan fingerprint density at radius 3 is 2.56 bits per heavy atom. The first-order valence-corrected chi connectivity index (χ1v) is 8.50. The third-order valence-corrected chi connectivity index (χ3v) is 4.49. The number of esters is 1. The molecule has 134 valence electrons. The molecule has 2 heterocycles. The number of furan rings is 1. The first-order chi connectivity index (χ1) is 13.0. The summed E-state index contributed by atoms with van der Waals surface area (Å²) >= 11 is 6.15. The number of hydrogen-bond acceptors (Lipinski definition) is 5. The van der Waals surface area contributed by atoms with Gasteiger partial charge >= 0.3 is 5.97 Å². The third kappa shape index (κ3) is 3.13. The summed E-state index contributed by atoms with van der Waals surface area (Å²) in [5, 5.41) is 0.637. The molecule has 0 saturated carbocycles. The van der Waals surface area contributed by atoms with Crippen LogP contribution in [0.25, 0.3) is 22.5 Å². The molecule has 0 aliphatic carbocycles. The molecule has 4 aromatic rings. The van der Waals surface area contributed by atoms with E-state index >= 15 is 0 Å². The number of ether oxygens (including phenoxy) is 1. The lowest BCUT2D eigenvalue weighted by Crippen LogP contribution is -2.16. The highest BCUT2D eigenvalue weighted by atomic mass is 35.5. The smallest absolute Gasteiger partial charge is 0.343 e. The molecule has 4 rings (SSSR count). The molecule has 0 radical (unpaired) electrons. The molecule has 27 heavy (non-hydrogen) atoms. The molecule has 2 aromatic carbocycles. The van der Waals surface area contributed by atoms with Gasteiger partial charge in [0.15, 0.2) is 5.76 Å². The van der Waals surface area contributed by atoms with Crippen LogP contribution in [0.4, 0.5) is 0 Å². The molecule has 0 bridgehead atoms. The molecule has 2 aromatic heterocycles. The minimum absolute atomic E-state index is 0.0449. The van der Waals surface area contributed by atoms with Crippen LogP contribution in [0.15, 0.2) is 74.5 Å². The Morgan fingerprint density at radius 1 is 1.07 bits per heavy atom. The summed E-state index contributed by atoms with van der Waals surface area (Å²) in [4.78, 5) is 25.5. The highest BCUT2D eigenvalue weighted by molar-refractivity contribution is 6.32. The van der Waals surface area contributed by atoms with Gasteiger partial charge in [0.05, 0.1) is 17.2 Å². The zero-order valence-corrected chi connectivity index (χ0v) is 14.9. The van der Waals surface area contributed by atoms with E-state index in [0.717, 1.165) is 5.56 Å². The van der Waals surface area contributed by atoms with Gasteiger partial charge in [-0.1, -0.05) is 29.8 Å². The molecule has 0 fully saturated rings. The first-order valence-electron chi connectivity index (χ1n) is 8.12. The van der Waals surface area contributed by atoms with E-state index in [4.69, 9.17) is 25.2 Å². The molecule has 6 heteroatoms. The Labute approximate surface area is 158 Å². The van der Waals surface area contributed by atoms with Crippen molar-refractivity contribution in [1.82, 2.24) is 0 Å². The highest BCUT2D eigenvalue weighted by Crippen LogP contribution is 2.33. The fraction of sp³-hybridized carbons (Fsp3) is 0.0476. The topological polar surface area (TPSA) is 69.7 Å². The molecule has 0 spiro atoms. The molecule has 0 N–H and O–H groups in total. The van der Waals surface area contributed by atoms with Crippen molar-refractivity contribution in [2.24, 2.45) is 0 Å².